The third-order valence-corrected chi connectivity index (χ3v) is 3.08. The summed E-state index contributed by atoms with van der Waals surface area (Å²) in [5.41, 5.74) is 8.54. The highest BCUT2D eigenvalue weighted by molar-refractivity contribution is 6.33. The van der Waals surface area contributed by atoms with Crippen LogP contribution in [0.2, 0.25) is 5.02 Å². The van der Waals surface area contributed by atoms with Gasteiger partial charge >= 0.3 is 0 Å². The Kier molecular flexibility index (Phi) is 4.00. The fourth-order valence-electron chi connectivity index (χ4n) is 1.91. The van der Waals surface area contributed by atoms with Crippen molar-refractivity contribution in [2.24, 2.45) is 5.73 Å². The van der Waals surface area contributed by atoms with Gasteiger partial charge in [0.2, 0.25) is 0 Å². The molecule has 0 aromatic heterocycles. The van der Waals surface area contributed by atoms with Gasteiger partial charge in [-0.25, -0.2) is 4.39 Å². The zero-order chi connectivity index (χ0) is 13.1. The Morgan fingerprint density at radius 1 is 1.17 bits per heavy atom. The van der Waals surface area contributed by atoms with Crippen LogP contribution in [0.1, 0.15) is 12.5 Å². The predicted molar refractivity (Wildman–Crippen MR) is 74.2 cm³/mol. The zero-order valence-electron chi connectivity index (χ0n) is 10.2. The van der Waals surface area contributed by atoms with Crippen molar-refractivity contribution in [3.63, 3.8) is 0 Å². The molecule has 94 valence electrons. The Balaban J connectivity index is 2.31. The smallest absolute Gasteiger partial charge is 0.123 e. The van der Waals surface area contributed by atoms with E-state index in [4.69, 9.17) is 17.3 Å². The number of hydrogen-bond acceptors (Lipinski definition) is 1. The van der Waals surface area contributed by atoms with E-state index in [1.54, 1.807) is 6.07 Å². The first kappa shape index (κ1) is 13.1. The summed E-state index contributed by atoms with van der Waals surface area (Å²) < 4.78 is 13.2. The number of benzene rings is 2. The monoisotopic (exact) mass is 263 g/mol. The normalized spacial score (nSPS) is 12.4. The molecule has 3 heteroatoms. The van der Waals surface area contributed by atoms with E-state index in [0.717, 1.165) is 12.0 Å². The summed E-state index contributed by atoms with van der Waals surface area (Å²) in [4.78, 5) is 0. The zero-order valence-corrected chi connectivity index (χ0v) is 10.9. The van der Waals surface area contributed by atoms with E-state index in [2.05, 4.69) is 0 Å². The number of rotatable bonds is 3. The Bertz CT molecular complexity index is 535. The summed E-state index contributed by atoms with van der Waals surface area (Å²) in [5.74, 6) is -0.283. The maximum Gasteiger partial charge on any atom is 0.123 e. The van der Waals surface area contributed by atoms with Gasteiger partial charge in [0.15, 0.2) is 0 Å². The Labute approximate surface area is 111 Å². The van der Waals surface area contributed by atoms with Gasteiger partial charge in [-0.3, -0.25) is 0 Å². The lowest BCUT2D eigenvalue weighted by molar-refractivity contribution is 0.628. The van der Waals surface area contributed by atoms with Crippen molar-refractivity contribution in [1.82, 2.24) is 0 Å². The highest BCUT2D eigenvalue weighted by Gasteiger charge is 2.05. The summed E-state index contributed by atoms with van der Waals surface area (Å²) in [6.45, 7) is 1.97. The van der Waals surface area contributed by atoms with Crippen LogP contribution in [0.5, 0.6) is 0 Å². The van der Waals surface area contributed by atoms with Gasteiger partial charge in [0, 0.05) is 16.6 Å². The lowest BCUT2D eigenvalue weighted by Gasteiger charge is -2.08. The molecule has 0 saturated carbocycles. The first-order chi connectivity index (χ1) is 8.56. The van der Waals surface area contributed by atoms with Crippen LogP contribution < -0.4 is 5.73 Å². The SMILES string of the molecule is CC(N)Cc1ccc(-c2cc(F)ccc2Cl)cc1. The van der Waals surface area contributed by atoms with Crippen molar-refractivity contribution in [3.8, 4) is 11.1 Å². The molecule has 0 spiro atoms. The maximum absolute atomic E-state index is 13.2. The van der Waals surface area contributed by atoms with Crippen molar-refractivity contribution in [2.45, 2.75) is 19.4 Å². The number of halogens is 2. The minimum absolute atomic E-state index is 0.133. The molecule has 0 aliphatic carbocycles. The predicted octanol–water partition coefficient (Wildman–Crippen LogP) is 4.04. The molecule has 2 rings (SSSR count). The fraction of sp³-hybridized carbons (Fsp3) is 0.200. The minimum atomic E-state index is -0.283. The van der Waals surface area contributed by atoms with Gasteiger partial charge in [-0.05, 0) is 42.7 Å². The first-order valence-electron chi connectivity index (χ1n) is 5.86. The molecule has 2 aromatic rings. The van der Waals surface area contributed by atoms with Crippen LogP contribution in [-0.4, -0.2) is 6.04 Å². The van der Waals surface area contributed by atoms with Gasteiger partial charge in [0.1, 0.15) is 5.82 Å². The van der Waals surface area contributed by atoms with Gasteiger partial charge < -0.3 is 5.73 Å². The highest BCUT2D eigenvalue weighted by Crippen LogP contribution is 2.28. The van der Waals surface area contributed by atoms with E-state index in [-0.39, 0.29) is 11.9 Å². The molecule has 0 fully saturated rings. The molecule has 2 aromatic carbocycles. The first-order valence-corrected chi connectivity index (χ1v) is 6.24. The van der Waals surface area contributed by atoms with E-state index in [9.17, 15) is 4.39 Å². The lowest BCUT2D eigenvalue weighted by atomic mass is 10.0. The lowest BCUT2D eigenvalue weighted by Crippen LogP contribution is -2.17. The molecule has 0 radical (unpaired) electrons. The van der Waals surface area contributed by atoms with E-state index in [0.29, 0.717) is 10.6 Å². The van der Waals surface area contributed by atoms with Crippen molar-refractivity contribution in [2.75, 3.05) is 0 Å². The van der Waals surface area contributed by atoms with E-state index in [1.165, 1.54) is 17.7 Å². The molecule has 0 heterocycles. The molecule has 1 unspecified atom stereocenters. The summed E-state index contributed by atoms with van der Waals surface area (Å²) >= 11 is 6.07. The van der Waals surface area contributed by atoms with Gasteiger partial charge in [-0.2, -0.15) is 0 Å². The maximum atomic E-state index is 13.2. The average Bonchev–Trinajstić information content (AvgIpc) is 2.33. The highest BCUT2D eigenvalue weighted by atomic mass is 35.5. The van der Waals surface area contributed by atoms with E-state index < -0.39 is 0 Å². The van der Waals surface area contributed by atoms with E-state index in [1.807, 2.05) is 31.2 Å². The van der Waals surface area contributed by atoms with E-state index >= 15 is 0 Å². The molecule has 0 saturated heterocycles. The molecule has 1 nitrogen and oxygen atoms in total. The van der Waals surface area contributed by atoms with Crippen molar-refractivity contribution in [3.05, 3.63) is 58.9 Å². The molecule has 18 heavy (non-hydrogen) atoms. The Morgan fingerprint density at radius 3 is 2.44 bits per heavy atom. The van der Waals surface area contributed by atoms with Crippen LogP contribution in [-0.2, 0) is 6.42 Å². The molecule has 0 aliphatic heterocycles. The molecule has 0 amide bonds. The second-order valence-electron chi connectivity index (χ2n) is 4.50. The van der Waals surface area contributed by atoms with Gasteiger partial charge in [0.05, 0.1) is 0 Å². The van der Waals surface area contributed by atoms with Crippen LogP contribution >= 0.6 is 11.6 Å². The van der Waals surface area contributed by atoms with Crippen molar-refractivity contribution >= 4 is 11.6 Å². The number of hydrogen-bond donors (Lipinski definition) is 1. The number of nitrogens with two attached hydrogens (primary N) is 1. The molecule has 0 bridgehead atoms. The fourth-order valence-corrected chi connectivity index (χ4v) is 2.14. The molecular formula is C15H15ClFN. The summed E-state index contributed by atoms with van der Waals surface area (Å²) in [6, 6.07) is 12.4. The van der Waals surface area contributed by atoms with Crippen LogP contribution in [0.4, 0.5) is 4.39 Å². The Hall–Kier alpha value is -1.38. The van der Waals surface area contributed by atoms with Gasteiger partial charge in [-0.1, -0.05) is 35.9 Å². The Morgan fingerprint density at radius 2 is 1.83 bits per heavy atom. The van der Waals surface area contributed by atoms with Crippen LogP contribution in [0.25, 0.3) is 11.1 Å². The van der Waals surface area contributed by atoms with Crippen LogP contribution in [0.3, 0.4) is 0 Å². The van der Waals surface area contributed by atoms with Crippen LogP contribution in [0, 0.1) is 5.82 Å². The second-order valence-corrected chi connectivity index (χ2v) is 4.91. The van der Waals surface area contributed by atoms with Crippen molar-refractivity contribution < 1.29 is 4.39 Å². The standard InChI is InChI=1S/C15H15ClFN/c1-10(18)8-11-2-4-12(5-3-11)14-9-13(17)6-7-15(14)16/h2-7,9-10H,8,18H2,1H3. The minimum Gasteiger partial charge on any atom is -0.328 e. The summed E-state index contributed by atoms with van der Waals surface area (Å²) in [5, 5.41) is 0.552. The molecule has 2 N–H and O–H groups in total. The topological polar surface area (TPSA) is 26.0 Å². The third-order valence-electron chi connectivity index (χ3n) is 2.75. The summed E-state index contributed by atoms with van der Waals surface area (Å²) in [7, 11) is 0. The third kappa shape index (κ3) is 3.09. The van der Waals surface area contributed by atoms with Crippen molar-refractivity contribution in [1.29, 1.82) is 0 Å². The largest absolute Gasteiger partial charge is 0.328 e. The average molecular weight is 264 g/mol. The van der Waals surface area contributed by atoms with Crippen LogP contribution in [0.15, 0.2) is 42.5 Å². The summed E-state index contributed by atoms with van der Waals surface area (Å²) in [6.07, 6.45) is 0.831. The quantitative estimate of drug-likeness (QED) is 0.889. The molecular weight excluding hydrogens is 249 g/mol. The molecule has 0 aliphatic rings. The van der Waals surface area contributed by atoms with Gasteiger partial charge in [0.25, 0.3) is 0 Å². The van der Waals surface area contributed by atoms with Gasteiger partial charge in [-0.15, -0.1) is 0 Å². The second kappa shape index (κ2) is 5.51. The molecule has 1 atom stereocenters.